The molecule has 2 aromatic carbocycles. The number of nitrogens with zero attached hydrogens (tertiary/aromatic N) is 4. The number of aromatic nitrogens is 4. The Balaban J connectivity index is 1.85. The van der Waals surface area contributed by atoms with Gasteiger partial charge in [-0.05, 0) is 69.3 Å². The highest BCUT2D eigenvalue weighted by atomic mass is 79.9. The number of imidazole rings is 1. The van der Waals surface area contributed by atoms with Crippen LogP contribution in [0.15, 0.2) is 59.2 Å². The maximum Gasteiger partial charge on any atom is 0.387 e. The van der Waals surface area contributed by atoms with Crippen molar-refractivity contribution in [3.8, 4) is 28.4 Å². The predicted molar refractivity (Wildman–Crippen MR) is 115 cm³/mol. The first kappa shape index (κ1) is 20.3. The molecule has 4 aromatic rings. The van der Waals surface area contributed by atoms with Gasteiger partial charge in [0.15, 0.2) is 0 Å². The number of alkyl halides is 2. The second-order valence-corrected chi connectivity index (χ2v) is 7.83. The van der Waals surface area contributed by atoms with Crippen molar-refractivity contribution in [2.75, 3.05) is 0 Å². The van der Waals surface area contributed by atoms with Crippen LogP contribution in [0.25, 0.3) is 22.6 Å². The molecule has 0 saturated heterocycles. The van der Waals surface area contributed by atoms with E-state index in [1.165, 1.54) is 12.1 Å². The van der Waals surface area contributed by atoms with Crippen LogP contribution < -0.4 is 4.74 Å². The number of hydrogen-bond donors (Lipinski definition) is 0. The van der Waals surface area contributed by atoms with Crippen LogP contribution in [-0.4, -0.2) is 25.9 Å². The lowest BCUT2D eigenvalue weighted by Crippen LogP contribution is -2.04. The molecule has 0 aliphatic rings. The van der Waals surface area contributed by atoms with Crippen LogP contribution in [0.4, 0.5) is 8.78 Å². The van der Waals surface area contributed by atoms with Crippen LogP contribution in [0.1, 0.15) is 17.2 Å². The molecule has 2 heterocycles. The smallest absolute Gasteiger partial charge is 0.387 e. The van der Waals surface area contributed by atoms with Gasteiger partial charge in [0.1, 0.15) is 11.6 Å². The van der Waals surface area contributed by atoms with Gasteiger partial charge in [0.05, 0.1) is 28.5 Å². The van der Waals surface area contributed by atoms with Gasteiger partial charge in [-0.1, -0.05) is 15.9 Å². The third-order valence-corrected chi connectivity index (χ3v) is 5.13. The van der Waals surface area contributed by atoms with Crippen LogP contribution in [-0.2, 0) is 0 Å². The van der Waals surface area contributed by atoms with Gasteiger partial charge in [0.25, 0.3) is 0 Å². The Morgan fingerprint density at radius 2 is 1.70 bits per heavy atom. The maximum absolute atomic E-state index is 12.5. The number of aryl methyl sites for hydroxylation is 3. The van der Waals surface area contributed by atoms with Crippen molar-refractivity contribution in [1.29, 1.82) is 0 Å². The van der Waals surface area contributed by atoms with E-state index in [0.717, 1.165) is 44.3 Å². The first-order valence-electron chi connectivity index (χ1n) is 9.26. The number of ether oxygens (including phenoxy) is 1. The van der Waals surface area contributed by atoms with Gasteiger partial charge in [-0.3, -0.25) is 0 Å². The molecule has 0 bridgehead atoms. The highest BCUT2D eigenvalue weighted by Gasteiger charge is 2.17. The molecule has 0 radical (unpaired) electrons. The Labute approximate surface area is 181 Å². The van der Waals surface area contributed by atoms with E-state index in [1.807, 2.05) is 55.8 Å². The average molecular weight is 473 g/mol. The number of benzene rings is 2. The topological polar surface area (TPSA) is 44.9 Å². The Kier molecular flexibility index (Phi) is 5.42. The molecule has 4 rings (SSSR count). The van der Waals surface area contributed by atoms with Gasteiger partial charge in [-0.15, -0.1) is 0 Å². The lowest BCUT2D eigenvalue weighted by atomic mass is 10.1. The lowest BCUT2D eigenvalue weighted by Gasteiger charge is -2.15. The average Bonchev–Trinajstić information content (AvgIpc) is 3.23. The SMILES string of the molecule is Cc1cn(-c2ccc(Br)cc2-c2cc(C)nn2-c2ccc(OC(F)F)cc2)c(C)n1. The third-order valence-electron chi connectivity index (χ3n) is 4.63. The van der Waals surface area contributed by atoms with Gasteiger partial charge < -0.3 is 9.30 Å². The lowest BCUT2D eigenvalue weighted by molar-refractivity contribution is -0.0498. The first-order valence-corrected chi connectivity index (χ1v) is 10.1. The molecular formula is C22H19BrF2N4O. The van der Waals surface area contributed by atoms with Crippen molar-refractivity contribution in [2.45, 2.75) is 27.4 Å². The fourth-order valence-corrected chi connectivity index (χ4v) is 3.80. The zero-order valence-corrected chi connectivity index (χ0v) is 18.2. The van der Waals surface area contributed by atoms with Gasteiger partial charge in [0.2, 0.25) is 0 Å². The number of rotatable bonds is 5. The van der Waals surface area contributed by atoms with E-state index in [4.69, 9.17) is 0 Å². The summed E-state index contributed by atoms with van der Waals surface area (Å²) >= 11 is 3.57. The van der Waals surface area contributed by atoms with E-state index in [0.29, 0.717) is 0 Å². The first-order chi connectivity index (χ1) is 14.3. The van der Waals surface area contributed by atoms with Gasteiger partial charge in [0, 0.05) is 16.2 Å². The summed E-state index contributed by atoms with van der Waals surface area (Å²) < 4.78 is 34.1. The summed E-state index contributed by atoms with van der Waals surface area (Å²) in [5, 5.41) is 4.63. The van der Waals surface area contributed by atoms with E-state index < -0.39 is 6.61 Å². The number of hydrogen-bond acceptors (Lipinski definition) is 3. The normalized spacial score (nSPS) is 11.3. The molecule has 0 N–H and O–H groups in total. The Morgan fingerprint density at radius 1 is 0.967 bits per heavy atom. The second kappa shape index (κ2) is 8.02. The highest BCUT2D eigenvalue weighted by molar-refractivity contribution is 9.10. The molecule has 0 aliphatic carbocycles. The fraction of sp³-hybridized carbons (Fsp3) is 0.182. The molecule has 0 saturated carbocycles. The molecule has 5 nitrogen and oxygen atoms in total. The van der Waals surface area contributed by atoms with Crippen molar-refractivity contribution in [3.05, 3.63) is 76.4 Å². The van der Waals surface area contributed by atoms with Crippen molar-refractivity contribution in [2.24, 2.45) is 0 Å². The van der Waals surface area contributed by atoms with Crippen LogP contribution in [0.3, 0.4) is 0 Å². The van der Waals surface area contributed by atoms with Gasteiger partial charge in [-0.2, -0.15) is 13.9 Å². The van der Waals surface area contributed by atoms with E-state index >= 15 is 0 Å². The number of halogens is 3. The van der Waals surface area contributed by atoms with Crippen molar-refractivity contribution in [3.63, 3.8) is 0 Å². The molecule has 30 heavy (non-hydrogen) atoms. The van der Waals surface area contributed by atoms with Crippen molar-refractivity contribution in [1.82, 2.24) is 19.3 Å². The molecule has 0 fully saturated rings. The molecule has 154 valence electrons. The second-order valence-electron chi connectivity index (χ2n) is 6.92. The molecule has 0 unspecified atom stereocenters. The van der Waals surface area contributed by atoms with Crippen LogP contribution in [0.5, 0.6) is 5.75 Å². The highest BCUT2D eigenvalue weighted by Crippen LogP contribution is 2.33. The Morgan fingerprint density at radius 3 is 2.33 bits per heavy atom. The standard InChI is InChI=1S/C22H19BrF2N4O/c1-13-10-21(29(27-13)17-5-7-18(8-6-17)30-22(24)25)19-11-16(23)4-9-20(19)28-12-14(2)26-15(28)3/h4-12,22H,1-3H3. The van der Waals surface area contributed by atoms with Crippen LogP contribution in [0.2, 0.25) is 0 Å². The molecule has 0 spiro atoms. The molecule has 8 heteroatoms. The Hall–Kier alpha value is -3.00. The maximum atomic E-state index is 12.5. The summed E-state index contributed by atoms with van der Waals surface area (Å²) in [6.45, 7) is 2.98. The van der Waals surface area contributed by atoms with Crippen molar-refractivity contribution < 1.29 is 13.5 Å². The minimum atomic E-state index is -2.86. The predicted octanol–water partition coefficient (Wildman–Crippen LogP) is 6.01. The van der Waals surface area contributed by atoms with E-state index in [-0.39, 0.29) is 5.75 Å². The minimum absolute atomic E-state index is 0.104. The largest absolute Gasteiger partial charge is 0.435 e. The summed E-state index contributed by atoms with van der Waals surface area (Å²) in [6, 6.07) is 14.5. The Bertz CT molecular complexity index is 1200. The molecule has 0 aliphatic heterocycles. The van der Waals surface area contributed by atoms with Crippen LogP contribution >= 0.6 is 15.9 Å². The summed E-state index contributed by atoms with van der Waals surface area (Å²) in [6.07, 6.45) is 1.99. The molecule has 0 atom stereocenters. The van der Waals surface area contributed by atoms with Gasteiger partial charge in [-0.25, -0.2) is 9.67 Å². The monoisotopic (exact) mass is 472 g/mol. The van der Waals surface area contributed by atoms with E-state index in [1.54, 1.807) is 16.8 Å². The fourth-order valence-electron chi connectivity index (χ4n) is 3.44. The van der Waals surface area contributed by atoms with Crippen LogP contribution in [0, 0.1) is 20.8 Å². The minimum Gasteiger partial charge on any atom is -0.435 e. The quantitative estimate of drug-likeness (QED) is 0.357. The zero-order valence-electron chi connectivity index (χ0n) is 16.6. The van der Waals surface area contributed by atoms with Gasteiger partial charge >= 0.3 is 6.61 Å². The summed E-state index contributed by atoms with van der Waals surface area (Å²) in [5.41, 5.74) is 5.30. The zero-order chi connectivity index (χ0) is 21.4. The van der Waals surface area contributed by atoms with E-state index in [9.17, 15) is 8.78 Å². The molecule has 0 amide bonds. The summed E-state index contributed by atoms with van der Waals surface area (Å²) in [5.74, 6) is 0.985. The van der Waals surface area contributed by atoms with Crippen molar-refractivity contribution >= 4 is 15.9 Å². The summed E-state index contributed by atoms with van der Waals surface area (Å²) in [7, 11) is 0. The van der Waals surface area contributed by atoms with E-state index in [2.05, 4.69) is 30.7 Å². The summed E-state index contributed by atoms with van der Waals surface area (Å²) in [4.78, 5) is 4.52. The third kappa shape index (κ3) is 4.00. The molecular weight excluding hydrogens is 454 g/mol. The molecule has 2 aromatic heterocycles.